The molecular formula is C13H4BrF8N. The molecule has 124 valence electrons. The maximum Gasteiger partial charge on any atom is 0.422 e. The third kappa shape index (κ3) is 3.62. The Balaban J connectivity index is 2.71. The van der Waals surface area contributed by atoms with Gasteiger partial charge >= 0.3 is 12.4 Å². The monoisotopic (exact) mass is 405 g/mol. The number of pyridine rings is 1. The fourth-order valence-corrected chi connectivity index (χ4v) is 2.25. The molecule has 2 aromatic rings. The minimum Gasteiger partial charge on any atom is -0.241 e. The molecule has 0 aliphatic rings. The van der Waals surface area contributed by atoms with E-state index in [-0.39, 0.29) is 4.60 Å². The van der Waals surface area contributed by atoms with Crippen molar-refractivity contribution in [3.05, 3.63) is 51.6 Å². The van der Waals surface area contributed by atoms with E-state index in [1.165, 1.54) is 0 Å². The topological polar surface area (TPSA) is 12.9 Å². The fourth-order valence-electron chi connectivity index (χ4n) is 1.81. The number of nitrogens with zero attached hydrogens (tertiary/aromatic N) is 1. The van der Waals surface area contributed by atoms with Crippen molar-refractivity contribution in [1.82, 2.24) is 4.98 Å². The molecule has 23 heavy (non-hydrogen) atoms. The number of benzene rings is 1. The molecule has 0 bridgehead atoms. The van der Waals surface area contributed by atoms with Crippen LogP contribution in [0.4, 0.5) is 35.1 Å². The molecule has 0 aliphatic carbocycles. The lowest BCUT2D eigenvalue weighted by Crippen LogP contribution is -2.12. The molecule has 0 saturated carbocycles. The van der Waals surface area contributed by atoms with Crippen molar-refractivity contribution in [3.63, 3.8) is 0 Å². The van der Waals surface area contributed by atoms with Gasteiger partial charge in [0.05, 0.1) is 11.3 Å². The summed E-state index contributed by atoms with van der Waals surface area (Å²) in [5.74, 6) is -3.90. The molecule has 0 N–H and O–H groups in total. The van der Waals surface area contributed by atoms with E-state index >= 15 is 0 Å². The van der Waals surface area contributed by atoms with E-state index in [0.717, 1.165) is 0 Å². The lowest BCUT2D eigenvalue weighted by atomic mass is 10.0. The number of halogens is 9. The predicted molar refractivity (Wildman–Crippen MR) is 67.3 cm³/mol. The third-order valence-electron chi connectivity index (χ3n) is 2.77. The summed E-state index contributed by atoms with van der Waals surface area (Å²) >= 11 is 2.67. The van der Waals surface area contributed by atoms with Gasteiger partial charge in [-0.3, -0.25) is 0 Å². The average Bonchev–Trinajstić information content (AvgIpc) is 2.35. The number of hydrogen-bond donors (Lipinski definition) is 0. The lowest BCUT2D eigenvalue weighted by molar-refractivity contribution is -0.142. The summed E-state index contributed by atoms with van der Waals surface area (Å²) in [5.41, 5.74) is -5.04. The first-order valence-electron chi connectivity index (χ1n) is 5.71. The van der Waals surface area contributed by atoms with Gasteiger partial charge in [-0.25, -0.2) is 13.8 Å². The van der Waals surface area contributed by atoms with Crippen LogP contribution < -0.4 is 0 Å². The predicted octanol–water partition coefficient (Wildman–Crippen LogP) is 5.83. The Labute approximate surface area is 132 Å². The van der Waals surface area contributed by atoms with E-state index in [1.807, 2.05) is 0 Å². The molecule has 0 aliphatic heterocycles. The minimum atomic E-state index is -5.34. The molecule has 0 radical (unpaired) electrons. The SMILES string of the molecule is Fc1ccc(-c2cc(C(F)(F)F)cc(Br)n2)c(F)c1C(F)(F)F. The summed E-state index contributed by atoms with van der Waals surface area (Å²) in [7, 11) is 0. The van der Waals surface area contributed by atoms with Crippen LogP contribution in [-0.2, 0) is 12.4 Å². The number of alkyl halides is 6. The maximum absolute atomic E-state index is 14.0. The molecule has 0 spiro atoms. The van der Waals surface area contributed by atoms with Crippen LogP contribution in [0.3, 0.4) is 0 Å². The Kier molecular flexibility index (Phi) is 4.40. The number of rotatable bonds is 1. The van der Waals surface area contributed by atoms with Crippen molar-refractivity contribution >= 4 is 15.9 Å². The van der Waals surface area contributed by atoms with Gasteiger partial charge in [0, 0.05) is 5.56 Å². The highest BCUT2D eigenvalue weighted by Gasteiger charge is 2.39. The number of hydrogen-bond acceptors (Lipinski definition) is 1. The van der Waals surface area contributed by atoms with Crippen molar-refractivity contribution < 1.29 is 35.1 Å². The first-order chi connectivity index (χ1) is 10.4. The molecule has 0 saturated heterocycles. The van der Waals surface area contributed by atoms with Crippen molar-refractivity contribution in [2.75, 3.05) is 0 Å². The van der Waals surface area contributed by atoms with Gasteiger partial charge in [-0.1, -0.05) is 0 Å². The summed E-state index contributed by atoms with van der Waals surface area (Å²) in [5, 5.41) is 0. The molecule has 0 unspecified atom stereocenters. The van der Waals surface area contributed by atoms with Gasteiger partial charge < -0.3 is 0 Å². The van der Waals surface area contributed by atoms with Crippen molar-refractivity contribution in [2.45, 2.75) is 12.4 Å². The zero-order chi connectivity index (χ0) is 17.6. The van der Waals surface area contributed by atoms with E-state index < -0.39 is 46.4 Å². The Morgan fingerprint density at radius 2 is 1.48 bits per heavy atom. The number of aromatic nitrogens is 1. The second-order valence-corrected chi connectivity index (χ2v) is 5.16. The molecule has 0 atom stereocenters. The van der Waals surface area contributed by atoms with Gasteiger partial charge in [0.1, 0.15) is 21.8 Å². The van der Waals surface area contributed by atoms with Gasteiger partial charge in [0.15, 0.2) is 0 Å². The van der Waals surface area contributed by atoms with Crippen LogP contribution in [0, 0.1) is 11.6 Å². The van der Waals surface area contributed by atoms with Crippen molar-refractivity contribution in [2.24, 2.45) is 0 Å². The Morgan fingerprint density at radius 1 is 0.870 bits per heavy atom. The van der Waals surface area contributed by atoms with Gasteiger partial charge in [0.2, 0.25) is 0 Å². The van der Waals surface area contributed by atoms with Crippen LogP contribution in [0.1, 0.15) is 11.1 Å². The van der Waals surface area contributed by atoms with Gasteiger partial charge in [-0.2, -0.15) is 26.3 Å². The molecule has 1 aromatic carbocycles. The van der Waals surface area contributed by atoms with Crippen molar-refractivity contribution in [3.8, 4) is 11.3 Å². The first-order valence-corrected chi connectivity index (χ1v) is 6.51. The standard InChI is InChI=1S/C13H4BrF8N/c14-9-4-5(12(17,18)19)3-8(23-9)6-1-2-7(15)10(11(6)16)13(20,21)22/h1-4H. The van der Waals surface area contributed by atoms with E-state index in [4.69, 9.17) is 0 Å². The molecular weight excluding hydrogens is 402 g/mol. The summed E-state index contributed by atoms with van der Waals surface area (Å²) in [4.78, 5) is 3.52. The molecule has 0 amide bonds. The first kappa shape index (κ1) is 17.6. The van der Waals surface area contributed by atoms with E-state index in [2.05, 4.69) is 20.9 Å². The van der Waals surface area contributed by atoms with Crippen LogP contribution in [0.5, 0.6) is 0 Å². The van der Waals surface area contributed by atoms with Gasteiger partial charge in [-0.05, 0) is 40.2 Å². The Bertz CT molecular complexity index is 751. The van der Waals surface area contributed by atoms with Crippen LogP contribution in [0.25, 0.3) is 11.3 Å². The quantitative estimate of drug-likeness (QED) is 0.429. The molecule has 1 heterocycles. The van der Waals surface area contributed by atoms with Crippen LogP contribution >= 0.6 is 15.9 Å². The highest BCUT2D eigenvalue weighted by atomic mass is 79.9. The Hall–Kier alpha value is -1.71. The average molecular weight is 406 g/mol. The minimum absolute atomic E-state index is 0.317. The lowest BCUT2D eigenvalue weighted by Gasteiger charge is -2.13. The largest absolute Gasteiger partial charge is 0.422 e. The van der Waals surface area contributed by atoms with Gasteiger partial charge in [0.25, 0.3) is 0 Å². The smallest absolute Gasteiger partial charge is 0.241 e. The summed E-state index contributed by atoms with van der Waals surface area (Å²) in [6, 6.07) is 1.86. The molecule has 1 nitrogen and oxygen atoms in total. The fraction of sp³-hybridized carbons (Fsp3) is 0.154. The van der Waals surface area contributed by atoms with Crippen LogP contribution in [0.15, 0.2) is 28.9 Å². The highest BCUT2D eigenvalue weighted by Crippen LogP contribution is 2.39. The normalized spacial score (nSPS) is 12.6. The van der Waals surface area contributed by atoms with Gasteiger partial charge in [-0.15, -0.1) is 0 Å². The van der Waals surface area contributed by atoms with E-state index in [0.29, 0.717) is 24.3 Å². The second kappa shape index (κ2) is 5.73. The summed E-state index contributed by atoms with van der Waals surface area (Å²) in [6.45, 7) is 0. The molecule has 10 heteroatoms. The van der Waals surface area contributed by atoms with Crippen LogP contribution in [0.2, 0.25) is 0 Å². The highest BCUT2D eigenvalue weighted by molar-refractivity contribution is 9.10. The van der Waals surface area contributed by atoms with Crippen molar-refractivity contribution in [1.29, 1.82) is 0 Å². The summed E-state index contributed by atoms with van der Waals surface area (Å²) < 4.78 is 103. The summed E-state index contributed by atoms with van der Waals surface area (Å²) in [6.07, 6.45) is -10.2. The van der Waals surface area contributed by atoms with Crippen LogP contribution in [-0.4, -0.2) is 4.98 Å². The zero-order valence-electron chi connectivity index (χ0n) is 10.7. The molecule has 2 rings (SSSR count). The maximum atomic E-state index is 14.0. The van der Waals surface area contributed by atoms with E-state index in [9.17, 15) is 35.1 Å². The molecule has 1 aromatic heterocycles. The second-order valence-electron chi connectivity index (χ2n) is 4.34. The Morgan fingerprint density at radius 3 is 2.00 bits per heavy atom. The van der Waals surface area contributed by atoms with E-state index in [1.54, 1.807) is 0 Å². The zero-order valence-corrected chi connectivity index (χ0v) is 12.2. The molecule has 0 fully saturated rings. The third-order valence-corrected chi connectivity index (χ3v) is 3.18.